The Hall–Kier alpha value is -1.38. The van der Waals surface area contributed by atoms with Crippen LogP contribution >= 0.6 is 0 Å². The molecule has 0 heterocycles. The molecule has 1 aromatic carbocycles. The summed E-state index contributed by atoms with van der Waals surface area (Å²) in [4.78, 5) is 0. The molecule has 0 saturated carbocycles. The van der Waals surface area contributed by atoms with Gasteiger partial charge in [-0.05, 0) is 5.56 Å². The predicted octanol–water partition coefficient (Wildman–Crippen LogP) is 1.96. The third-order valence-electron chi connectivity index (χ3n) is 1.40. The van der Waals surface area contributed by atoms with Crippen LogP contribution in [-0.4, -0.2) is 11.4 Å². The number of rotatable bonds is 2. The molecule has 0 unspecified atom stereocenters. The van der Waals surface area contributed by atoms with E-state index in [-0.39, 0.29) is 0 Å². The summed E-state index contributed by atoms with van der Waals surface area (Å²) in [6.45, 7) is -0.539. The summed E-state index contributed by atoms with van der Waals surface area (Å²) in [5, 5.41) is 11.0. The quantitative estimate of drug-likeness (QED) is 0.393. The Morgan fingerprint density at radius 2 is 2.18 bits per heavy atom. The molecule has 1 rings (SSSR count). The first-order chi connectivity index (χ1) is 5.38. The zero-order chi connectivity index (χ0) is 8.10. The van der Waals surface area contributed by atoms with Gasteiger partial charge in [0.25, 0.3) is 0 Å². The normalized spacial score (nSPS) is 10.6. The minimum atomic E-state index is -0.539. The van der Waals surface area contributed by atoms with Crippen LogP contribution in [0.15, 0.2) is 29.4 Å². The number of alkyl halides is 1. The summed E-state index contributed by atoms with van der Waals surface area (Å²) in [5.74, 6) is 0. The molecule has 0 fully saturated rings. The molecule has 58 valence electrons. The molecule has 11 heavy (non-hydrogen) atoms. The van der Waals surface area contributed by atoms with Crippen molar-refractivity contribution in [2.75, 3.05) is 0 Å². The Balaban J connectivity index is 3.02. The summed E-state index contributed by atoms with van der Waals surface area (Å²) in [7, 11) is 0. The van der Waals surface area contributed by atoms with Gasteiger partial charge in [-0.25, -0.2) is 4.39 Å². The fraction of sp³-hybridized carbons (Fsp3) is 0.125. The van der Waals surface area contributed by atoms with Crippen LogP contribution < -0.4 is 0 Å². The van der Waals surface area contributed by atoms with Gasteiger partial charge in [-0.3, -0.25) is 0 Å². The molecule has 0 spiro atoms. The van der Waals surface area contributed by atoms with Crippen LogP contribution in [0.4, 0.5) is 4.39 Å². The summed E-state index contributed by atoms with van der Waals surface area (Å²) in [6.07, 6.45) is 1.22. The molecule has 0 saturated heterocycles. The molecule has 0 aliphatic heterocycles. The number of hydrogen-bond acceptors (Lipinski definition) is 2. The number of halogens is 1. The molecule has 0 aliphatic rings. The van der Waals surface area contributed by atoms with Crippen LogP contribution in [0.25, 0.3) is 0 Å². The lowest BCUT2D eigenvalue weighted by molar-refractivity contribution is 0.321. The molecule has 0 aliphatic carbocycles. The van der Waals surface area contributed by atoms with Crippen molar-refractivity contribution in [1.29, 1.82) is 0 Å². The summed E-state index contributed by atoms with van der Waals surface area (Å²) in [5.41, 5.74) is 1.14. The van der Waals surface area contributed by atoms with Gasteiger partial charge in [0.05, 0.1) is 6.21 Å². The molecule has 0 atom stereocenters. The van der Waals surface area contributed by atoms with Crippen molar-refractivity contribution >= 4 is 6.21 Å². The smallest absolute Gasteiger partial charge is 0.115 e. The first-order valence-corrected chi connectivity index (χ1v) is 3.20. The topological polar surface area (TPSA) is 32.6 Å². The highest BCUT2D eigenvalue weighted by Gasteiger charge is 1.96. The van der Waals surface area contributed by atoms with Gasteiger partial charge in [-0.15, -0.1) is 0 Å². The van der Waals surface area contributed by atoms with E-state index >= 15 is 0 Å². The zero-order valence-corrected chi connectivity index (χ0v) is 5.87. The van der Waals surface area contributed by atoms with E-state index < -0.39 is 6.67 Å². The van der Waals surface area contributed by atoms with Crippen molar-refractivity contribution in [3.63, 3.8) is 0 Å². The maximum atomic E-state index is 12.2. The Labute approximate surface area is 64.0 Å². The highest BCUT2D eigenvalue weighted by molar-refractivity contribution is 5.81. The van der Waals surface area contributed by atoms with Crippen LogP contribution in [0.1, 0.15) is 11.1 Å². The Morgan fingerprint density at radius 1 is 1.45 bits per heavy atom. The fourth-order valence-corrected chi connectivity index (χ4v) is 0.844. The Bertz CT molecular complexity index is 260. The monoisotopic (exact) mass is 153 g/mol. The molecule has 3 heteroatoms. The van der Waals surface area contributed by atoms with Gasteiger partial charge in [0, 0.05) is 5.56 Å². The molecular weight excluding hydrogens is 145 g/mol. The fourth-order valence-electron chi connectivity index (χ4n) is 0.844. The molecule has 2 nitrogen and oxygen atoms in total. The minimum absolute atomic E-state index is 0.533. The molecule has 1 aromatic rings. The highest BCUT2D eigenvalue weighted by atomic mass is 19.1. The second-order valence-corrected chi connectivity index (χ2v) is 2.08. The summed E-state index contributed by atoms with van der Waals surface area (Å²) in [6, 6.07) is 6.84. The Kier molecular flexibility index (Phi) is 2.60. The molecular formula is C8H8FNO. The molecule has 0 amide bonds. The Morgan fingerprint density at radius 3 is 2.82 bits per heavy atom. The van der Waals surface area contributed by atoms with Gasteiger partial charge in [0.1, 0.15) is 6.67 Å². The van der Waals surface area contributed by atoms with Gasteiger partial charge in [0.15, 0.2) is 0 Å². The highest BCUT2D eigenvalue weighted by Crippen LogP contribution is 2.06. The zero-order valence-electron chi connectivity index (χ0n) is 5.87. The second-order valence-electron chi connectivity index (χ2n) is 2.08. The van der Waals surface area contributed by atoms with Gasteiger partial charge in [0.2, 0.25) is 0 Å². The van der Waals surface area contributed by atoms with E-state index in [9.17, 15) is 4.39 Å². The standard InChI is InChI=1S/C8H8FNO/c9-5-7-3-1-2-4-8(7)6-10-11/h1-4,6,11H,5H2. The maximum absolute atomic E-state index is 12.2. The third-order valence-corrected chi connectivity index (χ3v) is 1.40. The van der Waals surface area contributed by atoms with Crippen LogP contribution in [0, 0.1) is 0 Å². The van der Waals surface area contributed by atoms with Crippen LogP contribution in [0.5, 0.6) is 0 Å². The largest absolute Gasteiger partial charge is 0.411 e. The van der Waals surface area contributed by atoms with E-state index in [0.717, 1.165) is 0 Å². The molecule has 0 bridgehead atoms. The van der Waals surface area contributed by atoms with E-state index in [4.69, 9.17) is 5.21 Å². The van der Waals surface area contributed by atoms with Gasteiger partial charge >= 0.3 is 0 Å². The van der Waals surface area contributed by atoms with Crippen molar-refractivity contribution in [2.45, 2.75) is 6.67 Å². The van der Waals surface area contributed by atoms with E-state index in [1.807, 2.05) is 0 Å². The van der Waals surface area contributed by atoms with E-state index in [2.05, 4.69) is 5.16 Å². The first kappa shape index (κ1) is 7.72. The van der Waals surface area contributed by atoms with E-state index in [1.54, 1.807) is 24.3 Å². The molecule has 0 radical (unpaired) electrons. The number of benzene rings is 1. The van der Waals surface area contributed by atoms with Crippen molar-refractivity contribution in [3.8, 4) is 0 Å². The SMILES string of the molecule is ON=Cc1ccccc1CF. The van der Waals surface area contributed by atoms with Gasteiger partial charge in [-0.1, -0.05) is 29.4 Å². The lowest BCUT2D eigenvalue weighted by Crippen LogP contribution is -1.88. The van der Waals surface area contributed by atoms with Crippen molar-refractivity contribution in [1.82, 2.24) is 0 Å². The number of oxime groups is 1. The van der Waals surface area contributed by atoms with Crippen molar-refractivity contribution in [2.24, 2.45) is 5.16 Å². The van der Waals surface area contributed by atoms with Crippen LogP contribution in [0.3, 0.4) is 0 Å². The molecule has 0 aromatic heterocycles. The maximum Gasteiger partial charge on any atom is 0.115 e. The number of hydrogen-bond donors (Lipinski definition) is 1. The first-order valence-electron chi connectivity index (χ1n) is 3.20. The van der Waals surface area contributed by atoms with Gasteiger partial charge < -0.3 is 5.21 Å². The summed E-state index contributed by atoms with van der Waals surface area (Å²) >= 11 is 0. The van der Waals surface area contributed by atoms with Crippen LogP contribution in [-0.2, 0) is 6.67 Å². The van der Waals surface area contributed by atoms with E-state index in [1.165, 1.54) is 6.21 Å². The minimum Gasteiger partial charge on any atom is -0.411 e. The average Bonchev–Trinajstić information content (AvgIpc) is 2.06. The lowest BCUT2D eigenvalue weighted by Gasteiger charge is -1.97. The predicted molar refractivity (Wildman–Crippen MR) is 40.6 cm³/mol. The lowest BCUT2D eigenvalue weighted by atomic mass is 10.1. The number of nitrogens with zero attached hydrogens (tertiary/aromatic N) is 1. The summed E-state index contributed by atoms with van der Waals surface area (Å²) < 4.78 is 12.2. The van der Waals surface area contributed by atoms with Crippen LogP contribution in [0.2, 0.25) is 0 Å². The average molecular weight is 153 g/mol. The molecule has 1 N–H and O–H groups in total. The van der Waals surface area contributed by atoms with Crippen molar-refractivity contribution in [3.05, 3.63) is 35.4 Å². The van der Waals surface area contributed by atoms with E-state index in [0.29, 0.717) is 11.1 Å². The van der Waals surface area contributed by atoms with Gasteiger partial charge in [-0.2, -0.15) is 0 Å². The second kappa shape index (κ2) is 3.71. The van der Waals surface area contributed by atoms with Crippen molar-refractivity contribution < 1.29 is 9.60 Å². The third kappa shape index (κ3) is 1.77.